The van der Waals surface area contributed by atoms with Gasteiger partial charge in [-0.3, -0.25) is 0 Å². The molecule has 1 N–H and O–H groups in total. The van der Waals surface area contributed by atoms with E-state index in [0.29, 0.717) is 6.01 Å². The zero-order valence-corrected chi connectivity index (χ0v) is 15.5. The van der Waals surface area contributed by atoms with Gasteiger partial charge in [-0.25, -0.2) is 0 Å². The van der Waals surface area contributed by atoms with Crippen LogP contribution in [0.5, 0.6) is 6.01 Å². The van der Waals surface area contributed by atoms with Gasteiger partial charge < -0.3 is 19.9 Å². The first kappa shape index (κ1) is 16.3. The first-order chi connectivity index (χ1) is 13.3. The van der Waals surface area contributed by atoms with Crippen LogP contribution in [-0.2, 0) is 13.1 Å². The standard InChI is InChI=1S/C21H23N5O/c1-27-21-23-18-14-26(19-8-4-6-15-5-2-3-7-16(15)19)13-17(18)20(24-21)25-11-9-22-10-12-25/h2-8,22H,9-14H2,1H3. The highest BCUT2D eigenvalue weighted by Crippen LogP contribution is 2.36. The van der Waals surface area contributed by atoms with Crippen LogP contribution in [0.2, 0.25) is 0 Å². The number of aromatic nitrogens is 2. The molecule has 6 heteroatoms. The van der Waals surface area contributed by atoms with Crippen LogP contribution in [0.15, 0.2) is 42.5 Å². The molecular weight excluding hydrogens is 338 g/mol. The third-order valence-corrected chi connectivity index (χ3v) is 5.45. The minimum Gasteiger partial charge on any atom is -0.467 e. The van der Waals surface area contributed by atoms with Crippen molar-refractivity contribution in [2.75, 3.05) is 43.1 Å². The zero-order chi connectivity index (χ0) is 18.2. The maximum Gasteiger partial charge on any atom is 0.318 e. The van der Waals surface area contributed by atoms with Gasteiger partial charge in [0.1, 0.15) is 5.82 Å². The lowest BCUT2D eigenvalue weighted by Crippen LogP contribution is -2.44. The number of ether oxygens (including phenoxy) is 1. The summed E-state index contributed by atoms with van der Waals surface area (Å²) >= 11 is 0. The topological polar surface area (TPSA) is 53.5 Å². The molecule has 0 bridgehead atoms. The van der Waals surface area contributed by atoms with Gasteiger partial charge >= 0.3 is 6.01 Å². The van der Waals surface area contributed by atoms with E-state index < -0.39 is 0 Å². The zero-order valence-electron chi connectivity index (χ0n) is 15.5. The van der Waals surface area contributed by atoms with E-state index in [9.17, 15) is 0 Å². The first-order valence-electron chi connectivity index (χ1n) is 9.45. The molecule has 0 spiro atoms. The normalized spacial score (nSPS) is 16.6. The number of methoxy groups -OCH3 is 1. The molecule has 0 atom stereocenters. The first-order valence-corrected chi connectivity index (χ1v) is 9.45. The van der Waals surface area contributed by atoms with Crippen LogP contribution in [-0.4, -0.2) is 43.3 Å². The van der Waals surface area contributed by atoms with Crippen molar-refractivity contribution in [3.63, 3.8) is 0 Å². The van der Waals surface area contributed by atoms with Crippen molar-refractivity contribution in [3.8, 4) is 6.01 Å². The van der Waals surface area contributed by atoms with Crippen LogP contribution >= 0.6 is 0 Å². The smallest absolute Gasteiger partial charge is 0.318 e. The number of nitrogens with one attached hydrogen (secondary N) is 1. The molecule has 0 aliphatic carbocycles. The van der Waals surface area contributed by atoms with E-state index in [1.807, 2.05) is 0 Å². The SMILES string of the molecule is COc1nc2c(c(N3CCNCC3)n1)CN(c1cccc3ccccc13)C2. The summed E-state index contributed by atoms with van der Waals surface area (Å²) in [7, 11) is 1.64. The second kappa shape index (κ2) is 6.70. The molecule has 2 aliphatic heterocycles. The molecule has 1 aromatic heterocycles. The lowest BCUT2D eigenvalue weighted by atomic mass is 10.1. The quantitative estimate of drug-likeness (QED) is 0.774. The molecule has 0 saturated carbocycles. The molecule has 1 fully saturated rings. The Labute approximate surface area is 158 Å². The Morgan fingerprint density at radius 2 is 1.74 bits per heavy atom. The molecule has 27 heavy (non-hydrogen) atoms. The monoisotopic (exact) mass is 361 g/mol. The fourth-order valence-corrected chi connectivity index (χ4v) is 4.10. The van der Waals surface area contributed by atoms with E-state index >= 15 is 0 Å². The highest BCUT2D eigenvalue weighted by molar-refractivity contribution is 5.94. The van der Waals surface area contributed by atoms with E-state index in [-0.39, 0.29) is 0 Å². The predicted molar refractivity (Wildman–Crippen MR) is 108 cm³/mol. The molecule has 3 aromatic rings. The van der Waals surface area contributed by atoms with Crippen molar-refractivity contribution < 1.29 is 4.74 Å². The Balaban J connectivity index is 1.55. The Bertz CT molecular complexity index is 978. The van der Waals surface area contributed by atoms with Crippen LogP contribution in [0.1, 0.15) is 11.3 Å². The van der Waals surface area contributed by atoms with Gasteiger partial charge in [0.25, 0.3) is 0 Å². The molecule has 5 rings (SSSR count). The summed E-state index contributed by atoms with van der Waals surface area (Å²) in [6.07, 6.45) is 0. The highest BCUT2D eigenvalue weighted by Gasteiger charge is 2.29. The number of hydrogen-bond donors (Lipinski definition) is 1. The van der Waals surface area contributed by atoms with E-state index in [1.165, 1.54) is 22.0 Å². The number of nitrogens with zero attached hydrogens (tertiary/aromatic N) is 4. The second-order valence-electron chi connectivity index (χ2n) is 7.05. The van der Waals surface area contributed by atoms with Crippen molar-refractivity contribution in [1.29, 1.82) is 0 Å². The fourth-order valence-electron chi connectivity index (χ4n) is 4.10. The fraction of sp³-hybridized carbons (Fsp3) is 0.333. The van der Waals surface area contributed by atoms with Gasteiger partial charge in [-0.15, -0.1) is 0 Å². The lowest BCUT2D eigenvalue weighted by molar-refractivity contribution is 0.377. The minimum absolute atomic E-state index is 0.460. The number of rotatable bonds is 3. The Morgan fingerprint density at radius 1 is 0.926 bits per heavy atom. The van der Waals surface area contributed by atoms with Crippen LogP contribution in [0.4, 0.5) is 11.5 Å². The maximum absolute atomic E-state index is 5.40. The molecule has 0 amide bonds. The van der Waals surface area contributed by atoms with Crippen LogP contribution < -0.4 is 19.9 Å². The molecule has 1 saturated heterocycles. The summed E-state index contributed by atoms with van der Waals surface area (Å²) in [5.74, 6) is 1.03. The maximum atomic E-state index is 5.40. The minimum atomic E-state index is 0.460. The molecule has 2 aliphatic rings. The van der Waals surface area contributed by atoms with Gasteiger partial charge in [-0.05, 0) is 11.5 Å². The van der Waals surface area contributed by atoms with Crippen molar-refractivity contribution in [1.82, 2.24) is 15.3 Å². The Morgan fingerprint density at radius 3 is 2.59 bits per heavy atom. The number of hydrogen-bond acceptors (Lipinski definition) is 6. The largest absolute Gasteiger partial charge is 0.467 e. The van der Waals surface area contributed by atoms with Gasteiger partial charge in [-0.2, -0.15) is 9.97 Å². The van der Waals surface area contributed by atoms with Crippen LogP contribution in [0, 0.1) is 0 Å². The van der Waals surface area contributed by atoms with Crippen LogP contribution in [0.3, 0.4) is 0 Å². The molecule has 0 radical (unpaired) electrons. The van der Waals surface area contributed by atoms with Gasteiger partial charge in [0, 0.05) is 49.4 Å². The van der Waals surface area contributed by atoms with E-state index in [0.717, 1.165) is 50.8 Å². The molecule has 6 nitrogen and oxygen atoms in total. The van der Waals surface area contributed by atoms with Crippen LogP contribution in [0.25, 0.3) is 10.8 Å². The van der Waals surface area contributed by atoms with Gasteiger partial charge in [0.15, 0.2) is 0 Å². The van der Waals surface area contributed by atoms with Gasteiger partial charge in [-0.1, -0.05) is 36.4 Å². The van der Waals surface area contributed by atoms with Gasteiger partial charge in [0.2, 0.25) is 0 Å². The summed E-state index contributed by atoms with van der Waals surface area (Å²) in [5.41, 5.74) is 3.55. The highest BCUT2D eigenvalue weighted by atomic mass is 16.5. The molecule has 138 valence electrons. The third-order valence-electron chi connectivity index (χ3n) is 5.45. The van der Waals surface area contributed by atoms with Crippen molar-refractivity contribution >= 4 is 22.3 Å². The lowest BCUT2D eigenvalue weighted by Gasteiger charge is -2.30. The summed E-state index contributed by atoms with van der Waals surface area (Å²) < 4.78 is 5.40. The summed E-state index contributed by atoms with van der Waals surface area (Å²) in [6, 6.07) is 15.5. The third kappa shape index (κ3) is 2.86. The average molecular weight is 361 g/mol. The Kier molecular flexibility index (Phi) is 4.05. The van der Waals surface area contributed by atoms with E-state index in [1.54, 1.807) is 7.11 Å². The number of fused-ring (bicyclic) bond motifs is 2. The second-order valence-corrected chi connectivity index (χ2v) is 7.05. The molecule has 2 aromatic carbocycles. The van der Waals surface area contributed by atoms with Gasteiger partial charge in [0.05, 0.1) is 19.3 Å². The molecule has 3 heterocycles. The van der Waals surface area contributed by atoms with E-state index in [2.05, 4.69) is 62.6 Å². The molecule has 0 unspecified atom stereocenters. The number of piperazine rings is 1. The Hall–Kier alpha value is -2.86. The number of benzene rings is 2. The van der Waals surface area contributed by atoms with Crippen molar-refractivity contribution in [2.24, 2.45) is 0 Å². The van der Waals surface area contributed by atoms with Crippen molar-refractivity contribution in [3.05, 3.63) is 53.7 Å². The predicted octanol–water partition coefficient (Wildman–Crippen LogP) is 2.57. The average Bonchev–Trinajstić information content (AvgIpc) is 3.17. The summed E-state index contributed by atoms with van der Waals surface area (Å²) in [5, 5.41) is 5.94. The van der Waals surface area contributed by atoms with E-state index in [4.69, 9.17) is 9.72 Å². The van der Waals surface area contributed by atoms with Crippen molar-refractivity contribution in [2.45, 2.75) is 13.1 Å². The molecular formula is C21H23N5O. The summed E-state index contributed by atoms with van der Waals surface area (Å²) in [6.45, 7) is 5.48. The summed E-state index contributed by atoms with van der Waals surface area (Å²) in [4.78, 5) is 14.1. The number of anilines is 2.